The lowest BCUT2D eigenvalue weighted by Crippen LogP contribution is -2.35. The highest BCUT2D eigenvalue weighted by Gasteiger charge is 2.28. The van der Waals surface area contributed by atoms with Gasteiger partial charge in [0.05, 0.1) is 30.7 Å². The number of amidine groups is 1. The van der Waals surface area contributed by atoms with E-state index in [1.165, 1.54) is 0 Å². The molecule has 1 saturated carbocycles. The zero-order chi connectivity index (χ0) is 29.9. The van der Waals surface area contributed by atoms with E-state index in [9.17, 15) is 15.0 Å². The Hall–Kier alpha value is -3.99. The Morgan fingerprint density at radius 1 is 1.07 bits per heavy atom. The van der Waals surface area contributed by atoms with E-state index in [4.69, 9.17) is 9.57 Å². The first kappa shape index (κ1) is 29.1. The van der Waals surface area contributed by atoms with Gasteiger partial charge in [-0.25, -0.2) is 4.52 Å². The fraction of sp³-hybridized carbons (Fsp3) is 0.424. The van der Waals surface area contributed by atoms with E-state index in [0.29, 0.717) is 18.9 Å². The molecular formula is C33H39N5O5. The molecule has 2 aromatic heterocycles. The lowest BCUT2D eigenvalue weighted by atomic mass is 9.92. The minimum absolute atomic E-state index is 0.0584. The molecule has 2 unspecified atom stereocenters. The van der Waals surface area contributed by atoms with E-state index >= 15 is 0 Å². The van der Waals surface area contributed by atoms with Gasteiger partial charge in [0.25, 0.3) is 5.56 Å². The van der Waals surface area contributed by atoms with Crippen LogP contribution in [0.3, 0.4) is 0 Å². The molecule has 3 heterocycles. The largest absolute Gasteiger partial charge is 0.391 e. The Bertz CT molecular complexity index is 1650. The second-order valence-electron chi connectivity index (χ2n) is 11.5. The molecule has 2 aliphatic rings. The number of nitrogens with one attached hydrogen (secondary N) is 1. The van der Waals surface area contributed by atoms with Gasteiger partial charge < -0.3 is 25.1 Å². The van der Waals surface area contributed by atoms with Crippen molar-refractivity contribution in [2.75, 3.05) is 6.61 Å². The van der Waals surface area contributed by atoms with E-state index in [-0.39, 0.29) is 17.7 Å². The summed E-state index contributed by atoms with van der Waals surface area (Å²) >= 11 is 0. The van der Waals surface area contributed by atoms with Crippen molar-refractivity contribution in [1.82, 2.24) is 19.5 Å². The number of fused-ring (bicyclic) bond motifs is 1. The highest BCUT2D eigenvalue weighted by molar-refractivity contribution is 6.04. The summed E-state index contributed by atoms with van der Waals surface area (Å²) in [7, 11) is 0. The van der Waals surface area contributed by atoms with Crippen LogP contribution >= 0.6 is 0 Å². The van der Waals surface area contributed by atoms with Crippen molar-refractivity contribution in [2.45, 2.75) is 83.5 Å². The Morgan fingerprint density at radius 3 is 2.49 bits per heavy atom. The van der Waals surface area contributed by atoms with Gasteiger partial charge in [0, 0.05) is 29.7 Å². The molecule has 0 spiro atoms. The summed E-state index contributed by atoms with van der Waals surface area (Å²) in [5, 5.41) is 30.8. The number of hydrogen-bond acceptors (Lipinski definition) is 8. The molecule has 0 saturated heterocycles. The van der Waals surface area contributed by atoms with Crippen molar-refractivity contribution < 1.29 is 19.8 Å². The molecule has 2 aromatic carbocycles. The number of nitrogens with zero attached hydrogens (tertiary/aromatic N) is 4. The summed E-state index contributed by atoms with van der Waals surface area (Å²) < 4.78 is 9.81. The Balaban J connectivity index is 1.30. The Morgan fingerprint density at radius 2 is 1.81 bits per heavy atom. The number of hydrogen-bond donors (Lipinski definition) is 3. The quantitative estimate of drug-likeness (QED) is 0.256. The van der Waals surface area contributed by atoms with Crippen molar-refractivity contribution in [3.8, 4) is 11.1 Å². The molecular weight excluding hydrogens is 546 g/mol. The molecule has 3 N–H and O–H groups in total. The number of rotatable bonds is 10. The molecule has 10 nitrogen and oxygen atoms in total. The molecule has 1 aliphatic heterocycles. The number of oxime groups is 1. The fourth-order valence-electron chi connectivity index (χ4n) is 6.30. The number of aliphatic hydroxyl groups excluding tert-OH is 2. The van der Waals surface area contributed by atoms with E-state index in [1.807, 2.05) is 39.4 Å². The molecule has 4 aromatic rings. The van der Waals surface area contributed by atoms with E-state index in [1.54, 1.807) is 13.1 Å². The van der Waals surface area contributed by atoms with Crippen molar-refractivity contribution >= 4 is 11.5 Å². The summed E-state index contributed by atoms with van der Waals surface area (Å²) in [5.41, 5.74) is 6.48. The molecule has 1 aliphatic carbocycles. The number of benzene rings is 2. The first-order chi connectivity index (χ1) is 20.9. The van der Waals surface area contributed by atoms with Crippen LogP contribution in [0.2, 0.25) is 0 Å². The molecule has 226 valence electrons. The van der Waals surface area contributed by atoms with Crippen LogP contribution in [0.15, 0.2) is 70.7 Å². The molecule has 6 rings (SSSR count). The Kier molecular flexibility index (Phi) is 8.60. The van der Waals surface area contributed by atoms with Gasteiger partial charge in [0.15, 0.2) is 5.84 Å². The number of aryl methyl sites for hydroxylation is 1. The standard InChI is InChI=1S/C33H39N5O5/c1-3-6-29-28(19-22-9-11-23(12-10-22)26-7-4-5-8-27(26)31-35-33(41)43-36-31)32(40)37(30-17-18-34-38(29)30)24-13-15-25(16-14-24)42-20-21(2)39/h4-5,7-12,17-18,21,24-25,33,39,41H,3,6,13-16,19-20H2,1-2H3,(H,35,36)/t21?,24-,25-,33?. The van der Waals surface area contributed by atoms with Gasteiger partial charge >= 0.3 is 6.41 Å². The maximum Gasteiger partial charge on any atom is 0.304 e. The number of aliphatic hydroxyl groups is 2. The van der Waals surface area contributed by atoms with E-state index < -0.39 is 12.5 Å². The molecule has 43 heavy (non-hydrogen) atoms. The molecule has 2 atom stereocenters. The second-order valence-corrected chi connectivity index (χ2v) is 11.5. The van der Waals surface area contributed by atoms with Crippen LogP contribution in [0.4, 0.5) is 0 Å². The van der Waals surface area contributed by atoms with Gasteiger partial charge in [-0.2, -0.15) is 5.10 Å². The van der Waals surface area contributed by atoms with Crippen molar-refractivity contribution in [3.05, 3.63) is 93.5 Å². The maximum atomic E-state index is 14.3. The van der Waals surface area contributed by atoms with Crippen LogP contribution < -0.4 is 10.9 Å². The zero-order valence-corrected chi connectivity index (χ0v) is 24.6. The van der Waals surface area contributed by atoms with E-state index in [2.05, 4.69) is 46.8 Å². The third-order valence-electron chi connectivity index (χ3n) is 8.35. The van der Waals surface area contributed by atoms with Gasteiger partial charge in [-0.3, -0.25) is 9.36 Å². The summed E-state index contributed by atoms with van der Waals surface area (Å²) in [5.74, 6) is 0.480. The summed E-state index contributed by atoms with van der Waals surface area (Å²) in [6.07, 6.45) is 5.82. The summed E-state index contributed by atoms with van der Waals surface area (Å²) in [6, 6.07) is 18.1. The third-order valence-corrected chi connectivity index (χ3v) is 8.35. The van der Waals surface area contributed by atoms with Crippen LogP contribution in [-0.4, -0.2) is 55.5 Å². The Labute approximate surface area is 250 Å². The predicted octanol–water partition coefficient (Wildman–Crippen LogP) is 4.14. The minimum Gasteiger partial charge on any atom is -0.391 e. The van der Waals surface area contributed by atoms with Crippen molar-refractivity contribution in [2.24, 2.45) is 5.16 Å². The summed E-state index contributed by atoms with van der Waals surface area (Å²) in [4.78, 5) is 19.2. The van der Waals surface area contributed by atoms with Crippen LogP contribution in [0.25, 0.3) is 16.8 Å². The maximum absolute atomic E-state index is 14.3. The normalized spacial score (nSPS) is 20.9. The number of aromatic nitrogens is 3. The van der Waals surface area contributed by atoms with Crippen LogP contribution in [0, 0.1) is 0 Å². The minimum atomic E-state index is -1.16. The first-order valence-corrected chi connectivity index (χ1v) is 15.2. The van der Waals surface area contributed by atoms with Crippen molar-refractivity contribution in [1.29, 1.82) is 0 Å². The topological polar surface area (TPSA) is 123 Å². The first-order valence-electron chi connectivity index (χ1n) is 15.2. The van der Waals surface area contributed by atoms with Crippen molar-refractivity contribution in [3.63, 3.8) is 0 Å². The lowest BCUT2D eigenvalue weighted by molar-refractivity contribution is -0.0896. The third kappa shape index (κ3) is 6.08. The van der Waals surface area contributed by atoms with Gasteiger partial charge in [-0.15, -0.1) is 0 Å². The molecule has 0 radical (unpaired) electrons. The van der Waals surface area contributed by atoms with Crippen LogP contribution in [0.5, 0.6) is 0 Å². The highest BCUT2D eigenvalue weighted by Crippen LogP contribution is 2.32. The average Bonchev–Trinajstić information content (AvgIpc) is 3.68. The SMILES string of the molecule is CCCc1c(Cc2ccc(-c3ccccc3C3=NOC(O)N3)cc2)c(=O)n([C@H]2CC[C@H](OCC(C)O)CC2)c2ccnn12. The predicted molar refractivity (Wildman–Crippen MR) is 164 cm³/mol. The van der Waals surface area contributed by atoms with E-state index in [0.717, 1.165) is 77.7 Å². The molecule has 1 fully saturated rings. The molecule has 0 bridgehead atoms. The summed E-state index contributed by atoms with van der Waals surface area (Å²) in [6.45, 7) is 4.20. The smallest absolute Gasteiger partial charge is 0.304 e. The van der Waals surface area contributed by atoms with Gasteiger partial charge in [0.1, 0.15) is 5.65 Å². The highest BCUT2D eigenvalue weighted by atomic mass is 16.7. The van der Waals surface area contributed by atoms with Crippen LogP contribution in [-0.2, 0) is 22.4 Å². The monoisotopic (exact) mass is 585 g/mol. The van der Waals surface area contributed by atoms with Gasteiger partial charge in [0.2, 0.25) is 0 Å². The van der Waals surface area contributed by atoms with Gasteiger partial charge in [-0.1, -0.05) is 67.0 Å². The zero-order valence-electron chi connectivity index (χ0n) is 24.6. The average molecular weight is 586 g/mol. The van der Waals surface area contributed by atoms with Crippen LogP contribution in [0.1, 0.15) is 74.4 Å². The second kappa shape index (κ2) is 12.7. The lowest BCUT2D eigenvalue weighted by Gasteiger charge is -2.31. The number of ether oxygens (including phenoxy) is 1. The fourth-order valence-corrected chi connectivity index (χ4v) is 6.30. The molecule has 0 amide bonds. The van der Waals surface area contributed by atoms with Gasteiger partial charge in [-0.05, 0) is 55.7 Å². The molecule has 10 heteroatoms.